The second-order valence-corrected chi connectivity index (χ2v) is 7.53. The molecule has 8 heteroatoms. The van der Waals surface area contributed by atoms with Gasteiger partial charge in [0, 0.05) is 0 Å². The zero-order chi connectivity index (χ0) is 18.9. The highest BCUT2D eigenvalue weighted by molar-refractivity contribution is 7.46. The highest BCUT2D eigenvalue weighted by Crippen LogP contribution is 2.45. The average Bonchev–Trinajstić information content (AvgIpc) is 2.51. The summed E-state index contributed by atoms with van der Waals surface area (Å²) in [6.45, 7) is 5.41. The van der Waals surface area contributed by atoms with E-state index in [4.69, 9.17) is 19.0 Å². The number of carbonyl (C=O) groups excluding carboxylic acids is 1. The van der Waals surface area contributed by atoms with Crippen molar-refractivity contribution in [2.45, 2.75) is 58.1 Å². The largest absolute Gasteiger partial charge is 0.470 e. The van der Waals surface area contributed by atoms with Crippen LogP contribution in [0.4, 0.5) is 4.79 Å². The van der Waals surface area contributed by atoms with Gasteiger partial charge in [-0.3, -0.25) is 4.52 Å². The van der Waals surface area contributed by atoms with Crippen molar-refractivity contribution in [3.8, 4) is 0 Å². The quantitative estimate of drug-likeness (QED) is 0.424. The number of phosphoric ester groups is 1. The molecule has 0 fully saturated rings. The summed E-state index contributed by atoms with van der Waals surface area (Å²) >= 11 is 0. The van der Waals surface area contributed by atoms with E-state index >= 15 is 0 Å². The van der Waals surface area contributed by atoms with Gasteiger partial charge in [-0.1, -0.05) is 56.5 Å². The van der Waals surface area contributed by atoms with E-state index < -0.39 is 25.6 Å². The van der Waals surface area contributed by atoms with Crippen molar-refractivity contribution >= 4 is 13.9 Å². The molecule has 3 N–H and O–H groups in total. The van der Waals surface area contributed by atoms with E-state index in [2.05, 4.69) is 12.2 Å². The molecule has 1 rings (SSSR count). The standard InChI is InChI=1S/C17H28NO6P/c1-4-5-6-10-13-23-16(19)18-15(14-11-8-7-9-12-14)17(2,3)24-25(20,21)22/h7-9,11-12,15H,4-6,10,13H2,1-3H3,(H,18,19)(H2,20,21,22). The summed E-state index contributed by atoms with van der Waals surface area (Å²) in [7, 11) is -4.73. The third-order valence-electron chi connectivity index (χ3n) is 3.68. The number of amides is 1. The van der Waals surface area contributed by atoms with Gasteiger partial charge in [-0.25, -0.2) is 9.36 Å². The van der Waals surface area contributed by atoms with E-state index in [1.807, 2.05) is 6.07 Å². The van der Waals surface area contributed by atoms with Crippen molar-refractivity contribution in [3.05, 3.63) is 35.9 Å². The molecule has 142 valence electrons. The van der Waals surface area contributed by atoms with Gasteiger partial charge >= 0.3 is 13.9 Å². The molecule has 1 aromatic rings. The van der Waals surface area contributed by atoms with Gasteiger partial charge in [-0.2, -0.15) is 0 Å². The third kappa shape index (κ3) is 8.50. The first-order valence-corrected chi connectivity index (χ1v) is 9.93. The fourth-order valence-electron chi connectivity index (χ4n) is 2.52. The summed E-state index contributed by atoms with van der Waals surface area (Å²) in [5.41, 5.74) is -0.689. The highest BCUT2D eigenvalue weighted by Gasteiger charge is 2.39. The van der Waals surface area contributed by atoms with Gasteiger partial charge in [0.1, 0.15) is 0 Å². The Morgan fingerprint density at radius 2 is 1.84 bits per heavy atom. The Kier molecular flexibility index (Phi) is 8.59. The van der Waals surface area contributed by atoms with Crippen LogP contribution in [0.2, 0.25) is 0 Å². The number of nitrogens with one attached hydrogen (secondary N) is 1. The van der Waals surface area contributed by atoms with E-state index in [1.54, 1.807) is 24.3 Å². The molecule has 0 bridgehead atoms. The molecule has 1 atom stereocenters. The summed E-state index contributed by atoms with van der Waals surface area (Å²) < 4.78 is 21.3. The molecule has 7 nitrogen and oxygen atoms in total. The van der Waals surface area contributed by atoms with Crippen molar-refractivity contribution in [2.24, 2.45) is 0 Å². The zero-order valence-corrected chi connectivity index (χ0v) is 15.9. The van der Waals surface area contributed by atoms with E-state index in [9.17, 15) is 9.36 Å². The average molecular weight is 373 g/mol. The van der Waals surface area contributed by atoms with E-state index in [0.717, 1.165) is 25.7 Å². The number of alkyl carbamates (subject to hydrolysis) is 1. The minimum absolute atomic E-state index is 0.299. The lowest BCUT2D eigenvalue weighted by Crippen LogP contribution is -2.43. The third-order valence-corrected chi connectivity index (χ3v) is 4.38. The first kappa shape index (κ1) is 21.6. The van der Waals surface area contributed by atoms with Crippen LogP contribution in [0.1, 0.15) is 58.1 Å². The maximum atomic E-state index is 12.1. The molecule has 1 unspecified atom stereocenters. The second kappa shape index (κ2) is 9.92. The van der Waals surface area contributed by atoms with Crippen LogP contribution in [-0.2, 0) is 13.8 Å². The molecule has 25 heavy (non-hydrogen) atoms. The number of benzene rings is 1. The van der Waals surface area contributed by atoms with Crippen LogP contribution < -0.4 is 5.32 Å². The van der Waals surface area contributed by atoms with E-state index in [1.165, 1.54) is 13.8 Å². The van der Waals surface area contributed by atoms with Gasteiger partial charge in [0.15, 0.2) is 0 Å². The van der Waals surface area contributed by atoms with Crippen LogP contribution in [0.5, 0.6) is 0 Å². The Morgan fingerprint density at radius 3 is 2.40 bits per heavy atom. The fraction of sp³-hybridized carbons (Fsp3) is 0.588. The predicted molar refractivity (Wildman–Crippen MR) is 95.0 cm³/mol. The first-order valence-electron chi connectivity index (χ1n) is 8.40. The molecular formula is C17H28NO6P. The summed E-state index contributed by atoms with van der Waals surface area (Å²) in [6, 6.07) is 8.06. The van der Waals surface area contributed by atoms with Crippen LogP contribution in [0.15, 0.2) is 30.3 Å². The summed E-state index contributed by atoms with van der Waals surface area (Å²) in [4.78, 5) is 30.4. The van der Waals surface area contributed by atoms with Crippen molar-refractivity contribution in [2.75, 3.05) is 6.61 Å². The van der Waals surface area contributed by atoms with Crippen LogP contribution >= 0.6 is 7.82 Å². The molecule has 0 saturated carbocycles. The molecular weight excluding hydrogens is 345 g/mol. The summed E-state index contributed by atoms with van der Waals surface area (Å²) in [6.07, 6.45) is 3.29. The van der Waals surface area contributed by atoms with Crippen LogP contribution in [0.25, 0.3) is 0 Å². The lowest BCUT2D eigenvalue weighted by molar-refractivity contribution is 0.0282. The summed E-state index contributed by atoms with van der Waals surface area (Å²) in [5.74, 6) is 0. The van der Waals surface area contributed by atoms with Crippen molar-refractivity contribution in [1.82, 2.24) is 5.32 Å². The number of hydrogen-bond donors (Lipinski definition) is 3. The predicted octanol–water partition coefficient (Wildman–Crippen LogP) is 3.92. The number of phosphoric acid groups is 1. The number of rotatable bonds is 10. The van der Waals surface area contributed by atoms with Gasteiger partial charge in [-0.15, -0.1) is 0 Å². The van der Waals surface area contributed by atoms with E-state index in [0.29, 0.717) is 12.2 Å². The van der Waals surface area contributed by atoms with Crippen LogP contribution in [-0.4, -0.2) is 28.1 Å². The Morgan fingerprint density at radius 1 is 1.20 bits per heavy atom. The molecule has 0 saturated heterocycles. The second-order valence-electron chi connectivity index (χ2n) is 6.37. The highest BCUT2D eigenvalue weighted by atomic mass is 31.2. The van der Waals surface area contributed by atoms with Crippen LogP contribution in [0, 0.1) is 0 Å². The van der Waals surface area contributed by atoms with Gasteiger partial charge < -0.3 is 19.8 Å². The molecule has 0 spiro atoms. The molecule has 1 aromatic carbocycles. The normalized spacial score (nSPS) is 13.3. The Bertz CT molecular complexity index is 572. The van der Waals surface area contributed by atoms with Crippen molar-refractivity contribution < 1.29 is 28.4 Å². The number of hydrogen-bond acceptors (Lipinski definition) is 4. The maximum Gasteiger partial charge on any atom is 0.470 e. The SMILES string of the molecule is CCCCCCOC(=O)NC(c1ccccc1)C(C)(C)OP(=O)(O)O. The smallest absolute Gasteiger partial charge is 0.450 e. The van der Waals surface area contributed by atoms with Crippen molar-refractivity contribution in [1.29, 1.82) is 0 Å². The minimum Gasteiger partial charge on any atom is -0.450 e. The van der Waals surface area contributed by atoms with Gasteiger partial charge in [0.05, 0.1) is 18.2 Å². The molecule has 0 aliphatic rings. The Hall–Kier alpha value is -1.40. The lowest BCUT2D eigenvalue weighted by Gasteiger charge is -2.34. The number of unbranched alkanes of at least 4 members (excludes halogenated alkanes) is 3. The number of carbonyl (C=O) groups is 1. The zero-order valence-electron chi connectivity index (χ0n) is 15.0. The van der Waals surface area contributed by atoms with Gasteiger partial charge in [-0.05, 0) is 25.8 Å². The molecule has 0 radical (unpaired) electrons. The molecule has 0 heterocycles. The van der Waals surface area contributed by atoms with Crippen molar-refractivity contribution in [3.63, 3.8) is 0 Å². The molecule has 0 aromatic heterocycles. The fourth-order valence-corrected chi connectivity index (χ4v) is 3.23. The summed E-state index contributed by atoms with van der Waals surface area (Å²) in [5, 5.41) is 2.66. The van der Waals surface area contributed by atoms with E-state index in [-0.39, 0.29) is 0 Å². The minimum atomic E-state index is -4.73. The monoisotopic (exact) mass is 373 g/mol. The van der Waals surface area contributed by atoms with Gasteiger partial charge in [0.2, 0.25) is 0 Å². The number of ether oxygens (including phenoxy) is 1. The molecule has 0 aliphatic carbocycles. The van der Waals surface area contributed by atoms with Gasteiger partial charge in [0.25, 0.3) is 0 Å². The molecule has 1 amide bonds. The topological polar surface area (TPSA) is 105 Å². The Labute approximate surface area is 149 Å². The first-order chi connectivity index (χ1) is 11.7. The molecule has 0 aliphatic heterocycles. The Balaban J connectivity index is 2.79. The maximum absolute atomic E-state index is 12.1. The van der Waals surface area contributed by atoms with Crippen LogP contribution in [0.3, 0.4) is 0 Å². The lowest BCUT2D eigenvalue weighted by atomic mass is 9.92.